The predicted molar refractivity (Wildman–Crippen MR) is 193 cm³/mol. The lowest BCUT2D eigenvalue weighted by molar-refractivity contribution is 0.486. The third-order valence-corrected chi connectivity index (χ3v) is 10.1. The van der Waals surface area contributed by atoms with Crippen LogP contribution < -0.4 is 0 Å². The van der Waals surface area contributed by atoms with E-state index in [1.807, 2.05) is 48.5 Å². The van der Waals surface area contributed by atoms with Crippen LogP contribution in [0.5, 0.6) is 0 Å². The molecule has 0 bridgehead atoms. The Kier molecular flexibility index (Phi) is 6.54. The van der Waals surface area contributed by atoms with Crippen molar-refractivity contribution in [2.45, 2.75) is 32.1 Å². The lowest BCUT2D eigenvalue weighted by Crippen LogP contribution is -2.23. The molecule has 3 heterocycles. The quantitative estimate of drug-likeness (QED) is 0.185. The van der Waals surface area contributed by atoms with E-state index in [2.05, 4.69) is 97.7 Å². The van der Waals surface area contributed by atoms with Gasteiger partial charge < -0.3 is 4.42 Å². The Balaban J connectivity index is 1.11. The maximum absolute atomic E-state index is 6.82. The highest BCUT2D eigenvalue weighted by Crippen LogP contribution is 2.55. The highest BCUT2D eigenvalue weighted by Gasteiger charge is 2.42. The number of pyridine rings is 1. The van der Waals surface area contributed by atoms with Crippen LogP contribution in [0.2, 0.25) is 0 Å². The van der Waals surface area contributed by atoms with Gasteiger partial charge in [-0.3, -0.25) is 4.98 Å². The summed E-state index contributed by atoms with van der Waals surface area (Å²) < 4.78 is 6.82. The maximum Gasteiger partial charge on any atom is 0.182 e. The first-order chi connectivity index (χ1) is 23.7. The fourth-order valence-electron chi connectivity index (χ4n) is 7.62. The summed E-state index contributed by atoms with van der Waals surface area (Å²) in [5.41, 5.74) is 12.0. The van der Waals surface area contributed by atoms with Crippen molar-refractivity contribution in [1.82, 2.24) is 19.9 Å². The molecule has 0 unspecified atom stereocenters. The third-order valence-electron chi connectivity index (χ3n) is 10.1. The summed E-state index contributed by atoms with van der Waals surface area (Å²) in [5.74, 6) is 1.77. The summed E-state index contributed by atoms with van der Waals surface area (Å²) in [6.07, 6.45) is 3.81. The van der Waals surface area contributed by atoms with Crippen molar-refractivity contribution >= 4 is 21.9 Å². The van der Waals surface area contributed by atoms with Gasteiger partial charge in [-0.1, -0.05) is 111 Å². The first kappa shape index (κ1) is 28.3. The minimum atomic E-state index is -0.0518. The fourth-order valence-corrected chi connectivity index (χ4v) is 7.62. The standard InChI is InChI=1S/C43H32N4O/c1-3-43(4-2)35-15-9-8-14-31(35)33-23-24-34-32-22-21-30(26-37(32)48-39(34)38(33)43)27-17-19-29(20-18-27)41-45-40(28-12-6-5-7-13-28)46-42(47-41)36-16-10-11-25-44-36/h5-26H,3-4H2,1-2H3. The average molecular weight is 621 g/mol. The minimum Gasteiger partial charge on any atom is -0.456 e. The van der Waals surface area contributed by atoms with Gasteiger partial charge in [0.1, 0.15) is 16.9 Å². The molecule has 0 radical (unpaired) electrons. The van der Waals surface area contributed by atoms with Crippen LogP contribution in [0.15, 0.2) is 138 Å². The van der Waals surface area contributed by atoms with Gasteiger partial charge in [-0.05, 0) is 71.0 Å². The molecule has 0 spiro atoms. The molecular weight excluding hydrogens is 589 g/mol. The highest BCUT2D eigenvalue weighted by molar-refractivity contribution is 6.10. The molecule has 5 heteroatoms. The van der Waals surface area contributed by atoms with Crippen LogP contribution in [-0.4, -0.2) is 19.9 Å². The number of nitrogens with zero attached hydrogens (tertiary/aromatic N) is 4. The molecule has 5 nitrogen and oxygen atoms in total. The smallest absolute Gasteiger partial charge is 0.182 e. The number of hydrogen-bond donors (Lipinski definition) is 0. The van der Waals surface area contributed by atoms with E-state index in [1.54, 1.807) is 6.20 Å². The molecule has 230 valence electrons. The molecule has 0 atom stereocenters. The van der Waals surface area contributed by atoms with Gasteiger partial charge in [0.25, 0.3) is 0 Å². The second-order valence-electron chi connectivity index (χ2n) is 12.5. The summed E-state index contributed by atoms with van der Waals surface area (Å²) >= 11 is 0. The lowest BCUT2D eigenvalue weighted by atomic mass is 9.73. The molecule has 48 heavy (non-hydrogen) atoms. The molecule has 0 saturated carbocycles. The Labute approximate surface area is 279 Å². The number of rotatable bonds is 6. The van der Waals surface area contributed by atoms with E-state index >= 15 is 0 Å². The van der Waals surface area contributed by atoms with Crippen molar-refractivity contribution in [1.29, 1.82) is 0 Å². The SMILES string of the molecule is CCC1(CC)c2ccccc2-c2ccc3c(oc4cc(-c5ccc(-c6nc(-c7ccccc7)nc(-c7ccccn7)n6)cc5)ccc43)c21. The number of furan rings is 1. The van der Waals surface area contributed by atoms with Gasteiger partial charge in [0.15, 0.2) is 17.5 Å². The minimum absolute atomic E-state index is 0.0518. The molecule has 8 aromatic rings. The predicted octanol–water partition coefficient (Wildman–Crippen LogP) is 10.9. The average Bonchev–Trinajstić information content (AvgIpc) is 3.68. The third kappa shape index (κ3) is 4.31. The Morgan fingerprint density at radius 1 is 0.542 bits per heavy atom. The Bertz CT molecular complexity index is 2400. The Morgan fingerprint density at radius 3 is 1.94 bits per heavy atom. The summed E-state index contributed by atoms with van der Waals surface area (Å²) in [6, 6.07) is 44.1. The summed E-state index contributed by atoms with van der Waals surface area (Å²) in [7, 11) is 0. The molecule has 5 aromatic carbocycles. The van der Waals surface area contributed by atoms with E-state index in [-0.39, 0.29) is 5.41 Å². The monoisotopic (exact) mass is 620 g/mol. The number of fused-ring (bicyclic) bond motifs is 7. The Hall–Kier alpha value is -5.94. The molecule has 0 saturated heterocycles. The van der Waals surface area contributed by atoms with Gasteiger partial charge in [-0.2, -0.15) is 0 Å². The van der Waals surface area contributed by atoms with Crippen LogP contribution in [0.1, 0.15) is 37.8 Å². The topological polar surface area (TPSA) is 64.7 Å². The molecular formula is C43H32N4O. The molecule has 0 fully saturated rings. The van der Waals surface area contributed by atoms with E-state index in [0.717, 1.165) is 51.6 Å². The highest BCUT2D eigenvalue weighted by atomic mass is 16.3. The van der Waals surface area contributed by atoms with Crippen molar-refractivity contribution in [3.05, 3.63) is 145 Å². The first-order valence-corrected chi connectivity index (χ1v) is 16.6. The van der Waals surface area contributed by atoms with Crippen molar-refractivity contribution in [2.75, 3.05) is 0 Å². The van der Waals surface area contributed by atoms with Gasteiger partial charge in [0.2, 0.25) is 0 Å². The number of hydrogen-bond acceptors (Lipinski definition) is 5. The van der Waals surface area contributed by atoms with Crippen LogP contribution in [0.25, 0.3) is 78.5 Å². The summed E-state index contributed by atoms with van der Waals surface area (Å²) in [4.78, 5) is 19.0. The molecule has 3 aromatic heterocycles. The van der Waals surface area contributed by atoms with Gasteiger partial charge in [-0.15, -0.1) is 0 Å². The van der Waals surface area contributed by atoms with E-state index < -0.39 is 0 Å². The Morgan fingerprint density at radius 2 is 1.19 bits per heavy atom. The van der Waals surface area contributed by atoms with Gasteiger partial charge in [-0.25, -0.2) is 15.0 Å². The zero-order valence-corrected chi connectivity index (χ0v) is 26.8. The van der Waals surface area contributed by atoms with Gasteiger partial charge in [0.05, 0.1) is 0 Å². The second kappa shape index (κ2) is 11.1. The zero-order valence-electron chi connectivity index (χ0n) is 26.8. The summed E-state index contributed by atoms with van der Waals surface area (Å²) in [6.45, 7) is 4.61. The largest absolute Gasteiger partial charge is 0.456 e. The second-order valence-corrected chi connectivity index (χ2v) is 12.5. The van der Waals surface area contributed by atoms with Crippen molar-refractivity contribution in [2.24, 2.45) is 0 Å². The van der Waals surface area contributed by atoms with Crippen LogP contribution >= 0.6 is 0 Å². The fraction of sp³-hybridized carbons (Fsp3) is 0.116. The molecule has 9 rings (SSSR count). The molecule has 1 aliphatic carbocycles. The van der Waals surface area contributed by atoms with Gasteiger partial charge >= 0.3 is 0 Å². The number of aromatic nitrogens is 4. The molecule has 0 aliphatic heterocycles. The van der Waals surface area contributed by atoms with Crippen molar-refractivity contribution in [3.8, 4) is 56.5 Å². The molecule has 0 amide bonds. The van der Waals surface area contributed by atoms with E-state index in [9.17, 15) is 0 Å². The van der Waals surface area contributed by atoms with Crippen LogP contribution in [0.3, 0.4) is 0 Å². The molecule has 1 aliphatic rings. The van der Waals surface area contributed by atoms with E-state index in [0.29, 0.717) is 23.2 Å². The van der Waals surface area contributed by atoms with Crippen LogP contribution in [0, 0.1) is 0 Å². The van der Waals surface area contributed by atoms with Crippen molar-refractivity contribution in [3.63, 3.8) is 0 Å². The van der Waals surface area contributed by atoms with Crippen LogP contribution in [0.4, 0.5) is 0 Å². The van der Waals surface area contributed by atoms with Crippen LogP contribution in [-0.2, 0) is 5.41 Å². The molecule has 0 N–H and O–H groups in total. The first-order valence-electron chi connectivity index (χ1n) is 16.6. The summed E-state index contributed by atoms with van der Waals surface area (Å²) in [5, 5.41) is 2.32. The van der Waals surface area contributed by atoms with E-state index in [1.165, 1.54) is 27.6 Å². The normalized spacial score (nSPS) is 13.1. The van der Waals surface area contributed by atoms with Crippen molar-refractivity contribution < 1.29 is 4.42 Å². The zero-order chi connectivity index (χ0) is 32.2. The van der Waals surface area contributed by atoms with Gasteiger partial charge in [0, 0.05) is 39.1 Å². The maximum atomic E-state index is 6.82. The number of benzene rings is 5. The lowest BCUT2D eigenvalue weighted by Gasteiger charge is -2.29. The van der Waals surface area contributed by atoms with E-state index in [4.69, 9.17) is 19.4 Å².